The minimum Gasteiger partial charge on any atom is -0.288 e. The number of benzene rings is 1. The van der Waals surface area contributed by atoms with Gasteiger partial charge in [-0.25, -0.2) is 4.98 Å². The molecule has 0 radical (unpaired) electrons. The van der Waals surface area contributed by atoms with Gasteiger partial charge in [0, 0.05) is 17.1 Å². The number of hydrogen-bond acceptors (Lipinski definition) is 6. The molecule has 8 heteroatoms. The molecule has 0 bridgehead atoms. The van der Waals surface area contributed by atoms with Gasteiger partial charge in [0.15, 0.2) is 0 Å². The highest BCUT2D eigenvalue weighted by Gasteiger charge is 2.23. The van der Waals surface area contributed by atoms with Crippen LogP contribution in [0.15, 0.2) is 23.7 Å². The lowest BCUT2D eigenvalue weighted by atomic mass is 9.86. The molecule has 0 saturated heterocycles. The van der Waals surface area contributed by atoms with Gasteiger partial charge in [-0.1, -0.05) is 11.2 Å². The Labute approximate surface area is 136 Å². The second-order valence-corrected chi connectivity index (χ2v) is 6.25. The Morgan fingerprint density at radius 2 is 2.17 bits per heavy atom. The Morgan fingerprint density at radius 3 is 2.96 bits per heavy atom. The van der Waals surface area contributed by atoms with E-state index in [1.54, 1.807) is 17.5 Å². The molecule has 3 aromatic rings. The number of H-pyrrole nitrogens is 1. The van der Waals surface area contributed by atoms with E-state index in [-0.39, 0.29) is 11.9 Å². The van der Waals surface area contributed by atoms with Gasteiger partial charge in [-0.05, 0) is 48.1 Å². The van der Waals surface area contributed by atoms with Crippen LogP contribution in [0.2, 0.25) is 0 Å². The minimum absolute atomic E-state index is 0.165. The highest BCUT2D eigenvalue weighted by Crippen LogP contribution is 2.35. The number of aromatic amines is 1. The van der Waals surface area contributed by atoms with E-state index in [0.29, 0.717) is 5.56 Å². The molecule has 7 nitrogen and oxygen atoms in total. The molecule has 1 aliphatic rings. The van der Waals surface area contributed by atoms with E-state index >= 15 is 0 Å². The van der Waals surface area contributed by atoms with E-state index in [1.165, 1.54) is 17.5 Å². The van der Waals surface area contributed by atoms with Crippen molar-refractivity contribution in [1.29, 1.82) is 0 Å². The number of aryl methyl sites for hydroxylation is 1. The van der Waals surface area contributed by atoms with Gasteiger partial charge in [-0.15, -0.1) is 16.4 Å². The Kier molecular flexibility index (Phi) is 3.58. The van der Waals surface area contributed by atoms with Crippen LogP contribution in [-0.2, 0) is 12.8 Å². The van der Waals surface area contributed by atoms with E-state index in [0.717, 1.165) is 29.8 Å². The maximum absolute atomic E-state index is 12.7. The van der Waals surface area contributed by atoms with E-state index in [9.17, 15) is 4.79 Å². The molecule has 0 spiro atoms. The van der Waals surface area contributed by atoms with Crippen molar-refractivity contribution in [1.82, 2.24) is 25.6 Å². The standard InChI is InChI=1S/C15H14N6OS/c22-13(17-15-18-20-21-19-15)11-6-5-9-3-1-2-4-10(9)12(11)14-16-7-8-23-14/h5-8H,1-4H2,(H2,17,18,19,20,21,22). The number of amides is 1. The zero-order valence-electron chi connectivity index (χ0n) is 12.2. The number of nitrogens with zero attached hydrogens (tertiary/aromatic N) is 4. The summed E-state index contributed by atoms with van der Waals surface area (Å²) in [7, 11) is 0. The highest BCUT2D eigenvalue weighted by molar-refractivity contribution is 7.13. The molecule has 116 valence electrons. The van der Waals surface area contributed by atoms with Gasteiger partial charge in [0.05, 0.1) is 5.56 Å². The molecular weight excluding hydrogens is 312 g/mol. The number of carbonyl (C=O) groups is 1. The summed E-state index contributed by atoms with van der Waals surface area (Å²) in [5.41, 5.74) is 4.10. The number of tetrazole rings is 1. The fourth-order valence-corrected chi connectivity index (χ4v) is 3.72. The summed E-state index contributed by atoms with van der Waals surface area (Å²) in [6, 6.07) is 3.92. The number of fused-ring (bicyclic) bond motifs is 1. The molecule has 0 saturated carbocycles. The Bertz CT molecular complexity index is 828. The third kappa shape index (κ3) is 2.61. The van der Waals surface area contributed by atoms with Gasteiger partial charge >= 0.3 is 0 Å². The zero-order chi connectivity index (χ0) is 15.6. The predicted octanol–water partition coefficient (Wildman–Crippen LogP) is 2.45. The molecule has 1 amide bonds. The second-order valence-electron chi connectivity index (χ2n) is 5.36. The Balaban J connectivity index is 1.81. The summed E-state index contributed by atoms with van der Waals surface area (Å²) < 4.78 is 0. The topological polar surface area (TPSA) is 96.5 Å². The average Bonchev–Trinajstić information content (AvgIpc) is 3.27. The Hall–Kier alpha value is -2.61. The van der Waals surface area contributed by atoms with Crippen LogP contribution in [0.25, 0.3) is 10.6 Å². The maximum atomic E-state index is 12.7. The van der Waals surface area contributed by atoms with Crippen molar-refractivity contribution in [3.05, 3.63) is 40.4 Å². The van der Waals surface area contributed by atoms with Gasteiger partial charge in [0.2, 0.25) is 0 Å². The van der Waals surface area contributed by atoms with Crippen LogP contribution in [0.4, 0.5) is 5.95 Å². The van der Waals surface area contributed by atoms with Crippen molar-refractivity contribution in [2.75, 3.05) is 5.32 Å². The maximum Gasteiger partial charge on any atom is 0.270 e. The number of nitrogens with one attached hydrogen (secondary N) is 2. The molecule has 23 heavy (non-hydrogen) atoms. The summed E-state index contributed by atoms with van der Waals surface area (Å²) in [5, 5.41) is 18.8. The first-order chi connectivity index (χ1) is 11.3. The van der Waals surface area contributed by atoms with Crippen molar-refractivity contribution in [3.63, 3.8) is 0 Å². The molecule has 4 rings (SSSR count). The van der Waals surface area contributed by atoms with Crippen LogP contribution in [0.3, 0.4) is 0 Å². The summed E-state index contributed by atoms with van der Waals surface area (Å²) in [6.45, 7) is 0. The van der Waals surface area contributed by atoms with Crippen LogP contribution >= 0.6 is 11.3 Å². The lowest BCUT2D eigenvalue weighted by molar-refractivity contribution is 0.102. The quantitative estimate of drug-likeness (QED) is 0.770. The summed E-state index contributed by atoms with van der Waals surface area (Å²) >= 11 is 1.55. The molecule has 0 atom stereocenters. The number of carbonyl (C=O) groups excluding carboxylic acids is 1. The van der Waals surface area contributed by atoms with Gasteiger partial charge in [-0.3, -0.25) is 10.1 Å². The van der Waals surface area contributed by atoms with Crippen molar-refractivity contribution < 1.29 is 4.79 Å². The molecule has 0 unspecified atom stereocenters. The smallest absolute Gasteiger partial charge is 0.270 e. The van der Waals surface area contributed by atoms with E-state index in [4.69, 9.17) is 0 Å². The first kappa shape index (κ1) is 14.0. The lowest BCUT2D eigenvalue weighted by Gasteiger charge is -2.20. The second kappa shape index (κ2) is 5.88. The lowest BCUT2D eigenvalue weighted by Crippen LogP contribution is -2.17. The number of hydrogen-bond donors (Lipinski definition) is 2. The Morgan fingerprint density at radius 1 is 1.26 bits per heavy atom. The predicted molar refractivity (Wildman–Crippen MR) is 86.3 cm³/mol. The first-order valence-electron chi connectivity index (χ1n) is 7.42. The summed E-state index contributed by atoms with van der Waals surface area (Å²) in [6.07, 6.45) is 6.14. The first-order valence-corrected chi connectivity index (χ1v) is 8.30. The number of rotatable bonds is 3. The molecular formula is C15H14N6OS. The van der Waals surface area contributed by atoms with Gasteiger partial charge in [0.1, 0.15) is 5.01 Å². The summed E-state index contributed by atoms with van der Waals surface area (Å²) in [4.78, 5) is 17.1. The van der Waals surface area contributed by atoms with Crippen LogP contribution in [-0.4, -0.2) is 31.5 Å². The zero-order valence-corrected chi connectivity index (χ0v) is 13.1. The van der Waals surface area contributed by atoms with E-state index in [1.807, 2.05) is 11.4 Å². The number of aromatic nitrogens is 5. The monoisotopic (exact) mass is 326 g/mol. The molecule has 2 aromatic heterocycles. The molecule has 2 N–H and O–H groups in total. The van der Waals surface area contributed by atoms with Crippen molar-refractivity contribution in [2.45, 2.75) is 25.7 Å². The van der Waals surface area contributed by atoms with Crippen LogP contribution in [0.1, 0.15) is 34.3 Å². The average molecular weight is 326 g/mol. The minimum atomic E-state index is -0.245. The molecule has 2 heterocycles. The van der Waals surface area contributed by atoms with Crippen LogP contribution in [0, 0.1) is 0 Å². The molecule has 0 fully saturated rings. The van der Waals surface area contributed by atoms with Gasteiger partial charge in [-0.2, -0.15) is 5.21 Å². The SMILES string of the molecule is O=C(Nc1nn[nH]n1)c1ccc2c(c1-c1nccs1)CCCC2. The highest BCUT2D eigenvalue weighted by atomic mass is 32.1. The third-order valence-electron chi connectivity index (χ3n) is 3.99. The van der Waals surface area contributed by atoms with E-state index < -0.39 is 0 Å². The largest absolute Gasteiger partial charge is 0.288 e. The number of thiazole rings is 1. The van der Waals surface area contributed by atoms with Crippen molar-refractivity contribution in [3.8, 4) is 10.6 Å². The fraction of sp³-hybridized carbons (Fsp3) is 0.267. The van der Waals surface area contributed by atoms with Gasteiger partial charge < -0.3 is 0 Å². The molecule has 1 aliphatic carbocycles. The van der Waals surface area contributed by atoms with Crippen LogP contribution < -0.4 is 5.32 Å². The summed E-state index contributed by atoms with van der Waals surface area (Å²) in [5.74, 6) is -0.0808. The third-order valence-corrected chi connectivity index (χ3v) is 4.78. The normalized spacial score (nSPS) is 13.6. The number of anilines is 1. The van der Waals surface area contributed by atoms with Crippen LogP contribution in [0.5, 0.6) is 0 Å². The van der Waals surface area contributed by atoms with Crippen molar-refractivity contribution in [2.24, 2.45) is 0 Å². The van der Waals surface area contributed by atoms with Gasteiger partial charge in [0.25, 0.3) is 11.9 Å². The van der Waals surface area contributed by atoms with Crippen molar-refractivity contribution >= 4 is 23.2 Å². The van der Waals surface area contributed by atoms with E-state index in [2.05, 4.69) is 37.0 Å². The fourth-order valence-electron chi connectivity index (χ4n) is 2.99. The molecule has 0 aliphatic heterocycles. The molecule has 1 aromatic carbocycles.